The van der Waals surface area contributed by atoms with Gasteiger partial charge in [0.2, 0.25) is 0 Å². The third-order valence-electron chi connectivity index (χ3n) is 11.1. The van der Waals surface area contributed by atoms with Crippen LogP contribution in [0.2, 0.25) is 0 Å². The van der Waals surface area contributed by atoms with Crippen LogP contribution in [0, 0.1) is 0 Å². The average molecular weight is 1210 g/mol. The van der Waals surface area contributed by atoms with E-state index in [9.17, 15) is 9.59 Å². The summed E-state index contributed by atoms with van der Waals surface area (Å²) < 4.78 is 111. The number of nitrogens with zero attached hydrogens (tertiary/aromatic N) is 3. The SMILES string of the molecule is COCCOc1nc(N)c2[nH]c(=O)n(Cc3ccc(C(=O)NCCOCCOCCOCCOCCOCCOCCOCCOCCOCCOCCOCCOCCOCCOCCOCCOCCOCCOCCCN)cc3)c2n1. The molecule has 484 valence electrons. The maximum Gasteiger partial charge on any atom is 0.328 e. The molecular formula is C55H97N7O22. The summed E-state index contributed by atoms with van der Waals surface area (Å²) in [5.74, 6) is -0.152. The van der Waals surface area contributed by atoms with E-state index in [4.69, 9.17) is 106 Å². The molecule has 3 aromatic rings. The van der Waals surface area contributed by atoms with Crippen LogP contribution in [0.25, 0.3) is 11.2 Å². The van der Waals surface area contributed by atoms with E-state index in [1.165, 1.54) is 4.57 Å². The number of nitrogens with one attached hydrogen (secondary N) is 2. The molecule has 0 saturated heterocycles. The Bertz CT molecular complexity index is 2010. The minimum atomic E-state index is -0.400. The molecule has 29 nitrogen and oxygen atoms in total. The Labute approximate surface area is 493 Å². The van der Waals surface area contributed by atoms with Crippen molar-refractivity contribution < 1.29 is 99.5 Å². The second-order valence-corrected chi connectivity index (χ2v) is 17.6. The highest BCUT2D eigenvalue weighted by Gasteiger charge is 2.16. The predicted octanol–water partition coefficient (Wildman–Crippen LogP) is 0.153. The monoisotopic (exact) mass is 1210 g/mol. The van der Waals surface area contributed by atoms with Gasteiger partial charge in [0.1, 0.15) is 12.1 Å². The number of nitrogens with two attached hydrogens (primary N) is 2. The summed E-state index contributed by atoms with van der Waals surface area (Å²) in [7, 11) is 1.55. The molecule has 29 heteroatoms. The Morgan fingerprint density at radius 2 is 0.774 bits per heavy atom. The number of fused-ring (bicyclic) bond motifs is 1. The van der Waals surface area contributed by atoms with Crippen LogP contribution in [-0.2, 0) is 96.5 Å². The second-order valence-electron chi connectivity index (χ2n) is 17.6. The van der Waals surface area contributed by atoms with E-state index in [1.807, 2.05) is 0 Å². The molecule has 0 spiro atoms. The molecule has 0 radical (unpaired) electrons. The van der Waals surface area contributed by atoms with Gasteiger partial charge in [-0.25, -0.2) is 4.79 Å². The fraction of sp³-hybridized carbons (Fsp3) is 0.782. The van der Waals surface area contributed by atoms with Crippen LogP contribution in [0.4, 0.5) is 5.82 Å². The van der Waals surface area contributed by atoms with Crippen molar-refractivity contribution in [2.45, 2.75) is 13.0 Å². The van der Waals surface area contributed by atoms with Crippen LogP contribution in [0.15, 0.2) is 29.1 Å². The number of aromatic amines is 1. The van der Waals surface area contributed by atoms with Crippen molar-refractivity contribution in [1.29, 1.82) is 0 Å². The Balaban J connectivity index is 0.921. The van der Waals surface area contributed by atoms with Gasteiger partial charge in [-0.05, 0) is 30.7 Å². The fourth-order valence-corrected chi connectivity index (χ4v) is 6.77. The van der Waals surface area contributed by atoms with Crippen LogP contribution >= 0.6 is 0 Å². The summed E-state index contributed by atoms with van der Waals surface area (Å²) in [6, 6.07) is 6.94. The number of amides is 1. The Morgan fingerprint density at radius 1 is 0.452 bits per heavy atom. The first-order valence-corrected chi connectivity index (χ1v) is 28.9. The Kier molecular flexibility index (Phi) is 48.9. The number of methoxy groups -OCH3 is 1. The van der Waals surface area contributed by atoms with Gasteiger partial charge in [-0.1, -0.05) is 12.1 Å². The van der Waals surface area contributed by atoms with Crippen molar-refractivity contribution >= 4 is 22.9 Å². The number of carbonyl (C=O) groups excluding carboxylic acids is 1. The van der Waals surface area contributed by atoms with E-state index in [0.29, 0.717) is 274 Å². The number of H-pyrrole nitrogens is 1. The predicted molar refractivity (Wildman–Crippen MR) is 306 cm³/mol. The number of rotatable bonds is 64. The summed E-state index contributed by atoms with van der Waals surface area (Å²) in [6.07, 6.45) is 0.862. The van der Waals surface area contributed by atoms with Crippen LogP contribution < -0.4 is 27.2 Å². The lowest BCUT2D eigenvalue weighted by molar-refractivity contribution is -0.0309. The Morgan fingerprint density at radius 3 is 1.10 bits per heavy atom. The minimum Gasteiger partial charge on any atom is -0.461 e. The number of benzene rings is 1. The van der Waals surface area contributed by atoms with Crippen LogP contribution in [0.3, 0.4) is 0 Å². The molecule has 3 rings (SSSR count). The van der Waals surface area contributed by atoms with Gasteiger partial charge < -0.3 is 117 Å². The number of hydrogen-bond donors (Lipinski definition) is 4. The lowest BCUT2D eigenvalue weighted by Gasteiger charge is -2.09. The largest absolute Gasteiger partial charge is 0.461 e. The number of ether oxygens (including phenoxy) is 20. The van der Waals surface area contributed by atoms with Gasteiger partial charge in [0, 0.05) is 25.8 Å². The summed E-state index contributed by atoms with van der Waals surface area (Å²) >= 11 is 0. The number of imidazole rings is 1. The molecule has 0 fully saturated rings. The van der Waals surface area contributed by atoms with Gasteiger partial charge in [-0.2, -0.15) is 9.97 Å². The highest BCUT2D eigenvalue weighted by Crippen LogP contribution is 2.19. The molecule has 1 amide bonds. The molecule has 0 aliphatic rings. The lowest BCUT2D eigenvalue weighted by Crippen LogP contribution is -2.27. The van der Waals surface area contributed by atoms with Gasteiger partial charge >= 0.3 is 11.7 Å². The minimum absolute atomic E-state index is 0.0400. The smallest absolute Gasteiger partial charge is 0.328 e. The maximum atomic E-state index is 12.7. The molecule has 0 saturated carbocycles. The molecule has 0 unspecified atom stereocenters. The molecule has 6 N–H and O–H groups in total. The van der Waals surface area contributed by atoms with Gasteiger partial charge in [-0.3, -0.25) is 9.36 Å². The lowest BCUT2D eigenvalue weighted by atomic mass is 10.1. The molecule has 0 atom stereocenters. The quantitative estimate of drug-likeness (QED) is 0.0547. The zero-order valence-electron chi connectivity index (χ0n) is 49.5. The molecule has 0 bridgehead atoms. The first kappa shape index (κ1) is 74.1. The van der Waals surface area contributed by atoms with Crippen molar-refractivity contribution in [2.24, 2.45) is 5.73 Å². The zero-order chi connectivity index (χ0) is 59.7. The van der Waals surface area contributed by atoms with E-state index >= 15 is 0 Å². The van der Waals surface area contributed by atoms with E-state index in [2.05, 4.69) is 20.3 Å². The third-order valence-corrected chi connectivity index (χ3v) is 11.1. The summed E-state index contributed by atoms with van der Waals surface area (Å²) in [5, 5.41) is 2.83. The van der Waals surface area contributed by atoms with Gasteiger partial charge in [0.25, 0.3) is 5.91 Å². The second kappa shape index (κ2) is 55.4. The highest BCUT2D eigenvalue weighted by atomic mass is 16.6. The number of nitrogen functional groups attached to an aromatic ring is 1. The zero-order valence-corrected chi connectivity index (χ0v) is 49.5. The molecule has 2 heterocycles. The van der Waals surface area contributed by atoms with Crippen LogP contribution in [0.1, 0.15) is 22.3 Å². The number of carbonyl (C=O) groups is 1. The number of anilines is 1. The molecule has 1 aromatic carbocycles. The standard InChI is InChI=1S/C55H97N7O22/c1-65-11-46-84-54-60-51(57)50-52(61-54)62(55(64)59-50)47-48-3-5-49(6-4-48)53(63)58-8-10-67-13-15-69-17-19-71-21-23-73-25-27-75-29-31-77-33-35-79-37-39-81-41-43-83-45-44-82-42-40-80-38-36-78-34-32-76-30-28-74-26-24-72-22-20-70-18-16-68-14-12-66-9-2-7-56/h3-6H,2,7-47,56H2,1H3,(H,58,63)(H,59,64)(H2,57,60,61). The first-order chi connectivity index (χ1) is 41.5. The van der Waals surface area contributed by atoms with Crippen molar-refractivity contribution in [3.63, 3.8) is 0 Å². The summed E-state index contributed by atoms with van der Waals surface area (Å²) in [5.41, 5.74) is 12.9. The Hall–Kier alpha value is -4.16. The number of aromatic nitrogens is 4. The van der Waals surface area contributed by atoms with Gasteiger partial charge in [0.05, 0.1) is 244 Å². The van der Waals surface area contributed by atoms with Crippen molar-refractivity contribution in [3.05, 3.63) is 45.9 Å². The molecule has 0 aliphatic carbocycles. The van der Waals surface area contributed by atoms with Crippen LogP contribution in [0.5, 0.6) is 6.01 Å². The van der Waals surface area contributed by atoms with E-state index < -0.39 is 5.69 Å². The van der Waals surface area contributed by atoms with Crippen molar-refractivity contribution in [1.82, 2.24) is 24.8 Å². The topological polar surface area (TPSA) is 329 Å². The number of hydrogen-bond acceptors (Lipinski definition) is 26. The molecule has 0 aliphatic heterocycles. The molecule has 84 heavy (non-hydrogen) atoms. The van der Waals surface area contributed by atoms with Gasteiger partial charge in [-0.15, -0.1) is 0 Å². The first-order valence-electron chi connectivity index (χ1n) is 28.9. The van der Waals surface area contributed by atoms with E-state index in [-0.39, 0.29) is 30.9 Å². The normalized spacial score (nSPS) is 11.6. The highest BCUT2D eigenvalue weighted by molar-refractivity contribution is 5.94. The average Bonchev–Trinajstić information content (AvgIpc) is 2.68. The van der Waals surface area contributed by atoms with Crippen LogP contribution in [-0.4, -0.2) is 297 Å². The summed E-state index contributed by atoms with van der Waals surface area (Å²) in [4.78, 5) is 36.5. The van der Waals surface area contributed by atoms with E-state index in [1.54, 1.807) is 31.4 Å². The summed E-state index contributed by atoms with van der Waals surface area (Å²) in [6.45, 7) is 19.0. The fourth-order valence-electron chi connectivity index (χ4n) is 6.77. The maximum absolute atomic E-state index is 12.7. The molecular weight excluding hydrogens is 1110 g/mol. The molecule has 2 aromatic heterocycles. The van der Waals surface area contributed by atoms with Gasteiger partial charge in [0.15, 0.2) is 11.5 Å². The third kappa shape index (κ3) is 41.0. The van der Waals surface area contributed by atoms with Crippen molar-refractivity contribution in [2.75, 3.05) is 277 Å². The van der Waals surface area contributed by atoms with E-state index in [0.717, 1.165) is 12.0 Å². The van der Waals surface area contributed by atoms with Crippen molar-refractivity contribution in [3.8, 4) is 6.01 Å².